The Morgan fingerprint density at radius 2 is 1.41 bits per heavy atom. The summed E-state index contributed by atoms with van der Waals surface area (Å²) >= 11 is 0. The van der Waals surface area contributed by atoms with Crippen molar-refractivity contribution in [2.45, 2.75) is 31.7 Å². The largest absolute Gasteiger partial charge is 0.573 e. The molecular formula is C30H18F11NO2. The Kier molecular flexibility index (Phi) is 8.67. The van der Waals surface area contributed by atoms with E-state index in [0.717, 1.165) is 18.2 Å². The van der Waals surface area contributed by atoms with Gasteiger partial charge in [0.15, 0.2) is 0 Å². The molecule has 44 heavy (non-hydrogen) atoms. The summed E-state index contributed by atoms with van der Waals surface area (Å²) in [6, 6.07) is 10.4. The Hall–Kier alpha value is -4.62. The van der Waals surface area contributed by atoms with Crippen LogP contribution in [0.5, 0.6) is 5.75 Å². The second-order valence-corrected chi connectivity index (χ2v) is 9.43. The highest BCUT2D eigenvalue weighted by molar-refractivity contribution is 5.95. The third-order valence-corrected chi connectivity index (χ3v) is 6.35. The van der Waals surface area contributed by atoms with Crippen LogP contribution in [0.2, 0.25) is 0 Å². The molecule has 0 aromatic heterocycles. The average molecular weight is 633 g/mol. The summed E-state index contributed by atoms with van der Waals surface area (Å²) in [5.41, 5.74) is -5.36. The number of halogens is 11. The topological polar surface area (TPSA) is 38.3 Å². The van der Waals surface area contributed by atoms with Crippen LogP contribution in [-0.4, -0.2) is 12.3 Å². The standard InChI is InChI=1S/C30H18F11NO2/c1-15(42-27(43)17-7-10-24(32)23(13-17)29(36,37)38)21-8-9-22(18-11-19(28(33,34)35)14-20(31)12-18)25(16-5-3-2-4-6-16)26(21)44-30(39,40)41/h2-15H,1H3,(H,42,43). The van der Waals surface area contributed by atoms with Crippen molar-refractivity contribution in [2.24, 2.45) is 0 Å². The predicted molar refractivity (Wildman–Crippen MR) is 136 cm³/mol. The molecule has 0 fully saturated rings. The third-order valence-electron chi connectivity index (χ3n) is 6.35. The van der Waals surface area contributed by atoms with E-state index in [4.69, 9.17) is 0 Å². The van der Waals surface area contributed by atoms with Crippen LogP contribution in [0.15, 0.2) is 78.9 Å². The molecule has 4 aromatic rings. The van der Waals surface area contributed by atoms with Crippen molar-refractivity contribution in [3.05, 3.63) is 113 Å². The van der Waals surface area contributed by atoms with Crippen LogP contribution in [0.4, 0.5) is 48.3 Å². The molecule has 0 aliphatic rings. The Morgan fingerprint density at radius 1 is 0.750 bits per heavy atom. The van der Waals surface area contributed by atoms with Crippen LogP contribution in [0, 0.1) is 11.6 Å². The summed E-state index contributed by atoms with van der Waals surface area (Å²) in [6.45, 7) is 1.17. The van der Waals surface area contributed by atoms with Gasteiger partial charge in [0, 0.05) is 16.7 Å². The molecule has 4 rings (SSSR count). The third kappa shape index (κ3) is 7.29. The van der Waals surface area contributed by atoms with Gasteiger partial charge >= 0.3 is 18.7 Å². The number of alkyl halides is 9. The minimum Gasteiger partial charge on any atom is -0.405 e. The molecule has 0 radical (unpaired) electrons. The number of carbonyl (C=O) groups excluding carboxylic acids is 1. The fourth-order valence-corrected chi connectivity index (χ4v) is 4.45. The average Bonchev–Trinajstić information content (AvgIpc) is 2.91. The number of nitrogens with one attached hydrogen (secondary N) is 1. The number of hydrogen-bond acceptors (Lipinski definition) is 2. The van der Waals surface area contributed by atoms with E-state index in [0.29, 0.717) is 18.2 Å². The second kappa shape index (κ2) is 11.8. The molecule has 0 saturated heterocycles. The monoisotopic (exact) mass is 633 g/mol. The molecule has 1 amide bonds. The lowest BCUT2D eigenvalue weighted by atomic mass is 9.89. The maximum Gasteiger partial charge on any atom is 0.573 e. The van der Waals surface area contributed by atoms with Crippen LogP contribution in [0.3, 0.4) is 0 Å². The molecule has 0 saturated carbocycles. The molecule has 232 valence electrons. The normalized spacial score (nSPS) is 13.0. The van der Waals surface area contributed by atoms with Crippen LogP contribution in [-0.2, 0) is 12.4 Å². The molecule has 1 unspecified atom stereocenters. The number of hydrogen-bond donors (Lipinski definition) is 1. The molecule has 0 bridgehead atoms. The van der Waals surface area contributed by atoms with Gasteiger partial charge in [0.1, 0.15) is 17.4 Å². The molecule has 3 nitrogen and oxygen atoms in total. The maximum absolute atomic E-state index is 14.3. The summed E-state index contributed by atoms with van der Waals surface area (Å²) in [6.07, 6.45) is -15.5. The Morgan fingerprint density at radius 3 is 2.00 bits per heavy atom. The van der Waals surface area contributed by atoms with E-state index in [2.05, 4.69) is 10.1 Å². The van der Waals surface area contributed by atoms with Crippen LogP contribution in [0.25, 0.3) is 22.3 Å². The predicted octanol–water partition coefficient (Wildman–Crippen LogP) is 9.73. The first kappa shape index (κ1) is 32.3. The van der Waals surface area contributed by atoms with Crippen LogP contribution >= 0.6 is 0 Å². The fraction of sp³-hybridized carbons (Fsp3) is 0.167. The summed E-state index contributed by atoms with van der Waals surface area (Å²) in [5.74, 6) is -5.17. The highest BCUT2D eigenvalue weighted by Gasteiger charge is 2.37. The zero-order valence-electron chi connectivity index (χ0n) is 22.1. The summed E-state index contributed by atoms with van der Waals surface area (Å²) in [4.78, 5) is 12.8. The summed E-state index contributed by atoms with van der Waals surface area (Å²) in [7, 11) is 0. The zero-order chi connectivity index (χ0) is 32.6. The number of amides is 1. The zero-order valence-corrected chi connectivity index (χ0v) is 22.1. The van der Waals surface area contributed by atoms with E-state index >= 15 is 0 Å². The van der Waals surface area contributed by atoms with Gasteiger partial charge in [-0.1, -0.05) is 42.5 Å². The van der Waals surface area contributed by atoms with Crippen LogP contribution in [0.1, 0.15) is 40.0 Å². The number of benzene rings is 4. The van der Waals surface area contributed by atoms with Crippen molar-refractivity contribution in [2.75, 3.05) is 0 Å². The Balaban J connectivity index is 1.90. The molecular weight excluding hydrogens is 615 g/mol. The second-order valence-electron chi connectivity index (χ2n) is 9.43. The van der Waals surface area contributed by atoms with Crippen molar-refractivity contribution < 1.29 is 57.8 Å². The van der Waals surface area contributed by atoms with Gasteiger partial charge in [0.05, 0.1) is 17.2 Å². The van der Waals surface area contributed by atoms with Crippen molar-refractivity contribution in [3.63, 3.8) is 0 Å². The van der Waals surface area contributed by atoms with Crippen molar-refractivity contribution in [1.29, 1.82) is 0 Å². The lowest BCUT2D eigenvalue weighted by Crippen LogP contribution is -2.28. The van der Waals surface area contributed by atoms with Gasteiger partial charge in [-0.3, -0.25) is 4.79 Å². The number of rotatable bonds is 6. The molecule has 1 N–H and O–H groups in total. The molecule has 14 heteroatoms. The van der Waals surface area contributed by atoms with Crippen molar-refractivity contribution in [1.82, 2.24) is 5.32 Å². The first-order valence-electron chi connectivity index (χ1n) is 12.4. The van der Waals surface area contributed by atoms with Crippen molar-refractivity contribution >= 4 is 5.91 Å². The van der Waals surface area contributed by atoms with Gasteiger partial charge in [0.2, 0.25) is 0 Å². The Labute approximate surface area is 241 Å². The maximum atomic E-state index is 14.3. The van der Waals surface area contributed by atoms with E-state index in [1.807, 2.05) is 0 Å². The minimum atomic E-state index is -5.38. The first-order chi connectivity index (χ1) is 20.3. The Bertz CT molecular complexity index is 1680. The van der Waals surface area contributed by atoms with E-state index in [9.17, 15) is 53.1 Å². The van der Waals surface area contributed by atoms with Gasteiger partial charge in [-0.15, -0.1) is 13.2 Å². The van der Waals surface area contributed by atoms with Gasteiger partial charge in [0.25, 0.3) is 5.91 Å². The number of carbonyl (C=O) groups is 1. The molecule has 0 aliphatic carbocycles. The van der Waals surface area contributed by atoms with E-state index in [1.54, 1.807) is 0 Å². The molecule has 0 heterocycles. The fourth-order valence-electron chi connectivity index (χ4n) is 4.45. The van der Waals surface area contributed by atoms with Gasteiger partial charge in [-0.05, 0) is 60.0 Å². The smallest absolute Gasteiger partial charge is 0.405 e. The summed E-state index contributed by atoms with van der Waals surface area (Å²) in [5, 5.41) is 2.23. The SMILES string of the molecule is CC(NC(=O)c1ccc(F)c(C(F)(F)F)c1)c1ccc(-c2cc(F)cc(C(F)(F)F)c2)c(-c2ccccc2)c1OC(F)(F)F. The quantitative estimate of drug-likeness (QED) is 0.215. The highest BCUT2D eigenvalue weighted by atomic mass is 19.4. The number of ether oxygens (including phenoxy) is 1. The van der Waals surface area contributed by atoms with E-state index in [-0.39, 0.29) is 28.8 Å². The van der Waals surface area contributed by atoms with Crippen molar-refractivity contribution in [3.8, 4) is 28.0 Å². The van der Waals surface area contributed by atoms with Gasteiger partial charge in [-0.25, -0.2) is 8.78 Å². The molecule has 1 atom stereocenters. The first-order valence-corrected chi connectivity index (χ1v) is 12.4. The lowest BCUT2D eigenvalue weighted by Gasteiger charge is -2.24. The molecule has 0 spiro atoms. The van der Waals surface area contributed by atoms with Gasteiger partial charge in [-0.2, -0.15) is 26.3 Å². The minimum absolute atomic E-state index is 0.00769. The lowest BCUT2D eigenvalue weighted by molar-refractivity contribution is -0.274. The van der Waals surface area contributed by atoms with Crippen LogP contribution < -0.4 is 10.1 Å². The van der Waals surface area contributed by atoms with E-state index in [1.165, 1.54) is 37.3 Å². The molecule has 4 aromatic carbocycles. The van der Waals surface area contributed by atoms with E-state index < -0.39 is 75.9 Å². The highest BCUT2D eigenvalue weighted by Crippen LogP contribution is 2.46. The summed E-state index contributed by atoms with van der Waals surface area (Å²) < 4.78 is 154. The molecule has 0 aliphatic heterocycles. The van der Waals surface area contributed by atoms with Gasteiger partial charge < -0.3 is 10.1 Å².